The Kier molecular flexibility index (Phi) is 7.04. The number of sulfonamides is 1. The van der Waals surface area contributed by atoms with E-state index in [1.165, 1.54) is 31.4 Å². The highest BCUT2D eigenvalue weighted by Crippen LogP contribution is 2.31. The van der Waals surface area contributed by atoms with Crippen LogP contribution >= 0.6 is 11.6 Å². The SMILES string of the molecule is COc1ccc(/C(C)=N\Nc2ccc([N+](=O)[O-])cc2S(=O)(=O)Nc2ccccc2Cl)c(O)c1. The minimum atomic E-state index is -4.29. The molecular weight excluding hydrogens is 472 g/mol. The van der Waals surface area contributed by atoms with Crippen molar-refractivity contribution >= 4 is 44.4 Å². The fourth-order valence-electron chi connectivity index (χ4n) is 2.83. The number of hydrogen-bond donors (Lipinski definition) is 3. The number of non-ortho nitro benzene ring substituents is 1. The molecule has 0 atom stereocenters. The zero-order valence-corrected chi connectivity index (χ0v) is 19.0. The van der Waals surface area contributed by atoms with Gasteiger partial charge in [-0.05, 0) is 37.3 Å². The first-order chi connectivity index (χ1) is 15.6. The summed E-state index contributed by atoms with van der Waals surface area (Å²) < 4.78 is 33.5. The molecule has 0 amide bonds. The van der Waals surface area contributed by atoms with Crippen molar-refractivity contribution in [1.29, 1.82) is 0 Å². The van der Waals surface area contributed by atoms with Crippen LogP contribution in [-0.4, -0.2) is 31.3 Å². The first-order valence-electron chi connectivity index (χ1n) is 9.36. The van der Waals surface area contributed by atoms with Gasteiger partial charge in [0.25, 0.3) is 15.7 Å². The molecule has 3 rings (SSSR count). The number of hydrazone groups is 1. The Morgan fingerprint density at radius 1 is 1.12 bits per heavy atom. The van der Waals surface area contributed by atoms with Crippen molar-refractivity contribution in [3.8, 4) is 11.5 Å². The number of hydrogen-bond acceptors (Lipinski definition) is 8. The maximum atomic E-state index is 13.1. The molecule has 3 aromatic rings. The Morgan fingerprint density at radius 3 is 2.48 bits per heavy atom. The monoisotopic (exact) mass is 490 g/mol. The van der Waals surface area contributed by atoms with Crippen LogP contribution in [0, 0.1) is 10.1 Å². The second kappa shape index (κ2) is 9.76. The Bertz CT molecular complexity index is 1340. The quantitative estimate of drug-likeness (QED) is 0.238. The average Bonchev–Trinajstić information content (AvgIpc) is 2.78. The van der Waals surface area contributed by atoms with Gasteiger partial charge in [-0.15, -0.1) is 0 Å². The van der Waals surface area contributed by atoms with Crippen LogP contribution in [0.1, 0.15) is 12.5 Å². The average molecular weight is 491 g/mol. The number of nitro benzene ring substituents is 1. The predicted molar refractivity (Wildman–Crippen MR) is 126 cm³/mol. The topological polar surface area (TPSA) is 143 Å². The summed E-state index contributed by atoms with van der Waals surface area (Å²) >= 11 is 6.04. The van der Waals surface area contributed by atoms with Crippen LogP contribution in [0.15, 0.2) is 70.7 Å². The normalized spacial score (nSPS) is 11.7. The predicted octanol–water partition coefficient (Wildman–Crippen LogP) is 4.60. The lowest BCUT2D eigenvalue weighted by Crippen LogP contribution is -2.15. The van der Waals surface area contributed by atoms with Gasteiger partial charge in [-0.1, -0.05) is 23.7 Å². The summed E-state index contributed by atoms with van der Waals surface area (Å²) in [6.07, 6.45) is 0. The molecule has 12 heteroatoms. The van der Waals surface area contributed by atoms with Gasteiger partial charge in [-0.25, -0.2) is 8.42 Å². The number of rotatable bonds is 8. The number of halogens is 1. The highest BCUT2D eigenvalue weighted by Gasteiger charge is 2.23. The third-order valence-electron chi connectivity index (χ3n) is 4.52. The van der Waals surface area contributed by atoms with Gasteiger partial charge in [0.1, 0.15) is 16.4 Å². The van der Waals surface area contributed by atoms with Gasteiger partial charge in [-0.3, -0.25) is 20.3 Å². The van der Waals surface area contributed by atoms with Crippen LogP contribution in [0.3, 0.4) is 0 Å². The third kappa shape index (κ3) is 5.51. The third-order valence-corrected chi connectivity index (χ3v) is 6.26. The van der Waals surface area contributed by atoms with E-state index in [1.807, 2.05) is 0 Å². The van der Waals surface area contributed by atoms with E-state index in [9.17, 15) is 23.6 Å². The summed E-state index contributed by atoms with van der Waals surface area (Å²) in [4.78, 5) is 10.1. The van der Waals surface area contributed by atoms with Gasteiger partial charge < -0.3 is 9.84 Å². The number of phenols is 1. The number of benzene rings is 3. The molecule has 0 aromatic heterocycles. The van der Waals surface area contributed by atoms with Gasteiger partial charge in [0, 0.05) is 23.8 Å². The van der Waals surface area contributed by atoms with E-state index in [0.717, 1.165) is 12.1 Å². The van der Waals surface area contributed by atoms with Crippen LogP contribution in [0.25, 0.3) is 0 Å². The number of nitrogens with one attached hydrogen (secondary N) is 2. The summed E-state index contributed by atoms with van der Waals surface area (Å²) in [6.45, 7) is 1.59. The molecule has 0 heterocycles. The number of para-hydroxylation sites is 1. The lowest BCUT2D eigenvalue weighted by atomic mass is 10.1. The molecule has 0 aliphatic carbocycles. The van der Waals surface area contributed by atoms with Gasteiger partial charge in [0.05, 0.1) is 34.1 Å². The molecule has 0 bridgehead atoms. The number of anilines is 2. The second-order valence-corrected chi connectivity index (χ2v) is 8.77. The smallest absolute Gasteiger partial charge is 0.270 e. The van der Waals surface area contributed by atoms with E-state index >= 15 is 0 Å². The zero-order chi connectivity index (χ0) is 24.2. The summed E-state index contributed by atoms with van der Waals surface area (Å²) in [7, 11) is -2.83. The van der Waals surface area contributed by atoms with Crippen molar-refractivity contribution in [3.63, 3.8) is 0 Å². The maximum absolute atomic E-state index is 13.1. The summed E-state index contributed by atoms with van der Waals surface area (Å²) in [6, 6.07) is 14.1. The number of aromatic hydroxyl groups is 1. The molecule has 0 aliphatic heterocycles. The van der Waals surface area contributed by atoms with Crippen LogP contribution in [0.4, 0.5) is 17.1 Å². The van der Waals surface area contributed by atoms with Gasteiger partial charge in [-0.2, -0.15) is 5.10 Å². The van der Waals surface area contributed by atoms with E-state index in [4.69, 9.17) is 16.3 Å². The zero-order valence-electron chi connectivity index (χ0n) is 17.4. The minimum absolute atomic E-state index is 0.0208. The molecule has 0 radical (unpaired) electrons. The molecule has 0 spiro atoms. The molecule has 0 saturated carbocycles. The molecule has 10 nitrogen and oxygen atoms in total. The number of nitro groups is 1. The number of nitrogens with zero attached hydrogens (tertiary/aromatic N) is 2. The fourth-order valence-corrected chi connectivity index (χ4v) is 4.33. The Balaban J connectivity index is 1.99. The van der Waals surface area contributed by atoms with Crippen molar-refractivity contribution in [2.24, 2.45) is 5.10 Å². The van der Waals surface area contributed by atoms with Gasteiger partial charge in [0.15, 0.2) is 0 Å². The fraction of sp³-hybridized carbons (Fsp3) is 0.0952. The van der Waals surface area contributed by atoms with Crippen LogP contribution in [0.2, 0.25) is 5.02 Å². The van der Waals surface area contributed by atoms with E-state index in [1.54, 1.807) is 31.2 Å². The summed E-state index contributed by atoms with van der Waals surface area (Å²) in [5, 5.41) is 25.7. The molecule has 3 N–H and O–H groups in total. The molecule has 0 saturated heterocycles. The van der Waals surface area contributed by atoms with Crippen molar-refractivity contribution in [2.45, 2.75) is 11.8 Å². The standard InChI is InChI=1S/C21H19ClN4O6S/c1-13(16-9-8-15(32-2)12-20(16)27)23-24-19-10-7-14(26(28)29)11-21(19)33(30,31)25-18-6-4-3-5-17(18)22/h3-12,24-25,27H,1-2H3/b23-13-. The largest absolute Gasteiger partial charge is 0.507 e. The molecule has 172 valence electrons. The highest BCUT2D eigenvalue weighted by molar-refractivity contribution is 7.93. The first-order valence-corrected chi connectivity index (χ1v) is 11.2. The first kappa shape index (κ1) is 23.8. The molecule has 3 aromatic carbocycles. The number of methoxy groups -OCH3 is 1. The lowest BCUT2D eigenvalue weighted by molar-refractivity contribution is -0.385. The van der Waals surface area contributed by atoms with Crippen LogP contribution in [-0.2, 0) is 10.0 Å². The van der Waals surface area contributed by atoms with Crippen molar-refractivity contribution in [1.82, 2.24) is 0 Å². The Morgan fingerprint density at radius 2 is 1.85 bits per heavy atom. The van der Waals surface area contributed by atoms with E-state index < -0.39 is 25.5 Å². The minimum Gasteiger partial charge on any atom is -0.507 e. The molecule has 0 aliphatic rings. The van der Waals surface area contributed by atoms with Crippen LogP contribution in [0.5, 0.6) is 11.5 Å². The molecule has 0 unspecified atom stereocenters. The second-order valence-electron chi connectivity index (χ2n) is 6.72. The highest BCUT2D eigenvalue weighted by atomic mass is 35.5. The van der Waals surface area contributed by atoms with E-state index in [-0.39, 0.29) is 22.1 Å². The Labute approximate surface area is 194 Å². The number of ether oxygens (including phenoxy) is 1. The van der Waals surface area contributed by atoms with Crippen LogP contribution < -0.4 is 14.9 Å². The van der Waals surface area contributed by atoms with Gasteiger partial charge >= 0.3 is 0 Å². The molecule has 33 heavy (non-hydrogen) atoms. The maximum Gasteiger partial charge on any atom is 0.270 e. The lowest BCUT2D eigenvalue weighted by Gasteiger charge is -2.13. The van der Waals surface area contributed by atoms with E-state index in [2.05, 4.69) is 15.2 Å². The molecular formula is C21H19ClN4O6S. The Hall–Kier alpha value is -3.83. The van der Waals surface area contributed by atoms with E-state index in [0.29, 0.717) is 17.0 Å². The summed E-state index contributed by atoms with van der Waals surface area (Å²) in [5.41, 5.74) is 2.99. The van der Waals surface area contributed by atoms with Crippen molar-refractivity contribution in [3.05, 3.63) is 81.4 Å². The number of phenolic OH excluding ortho intramolecular Hbond substituents is 1. The molecule has 0 fully saturated rings. The van der Waals surface area contributed by atoms with Gasteiger partial charge in [0.2, 0.25) is 0 Å². The summed E-state index contributed by atoms with van der Waals surface area (Å²) in [5.74, 6) is 0.362. The van der Waals surface area contributed by atoms with Crippen molar-refractivity contribution < 1.29 is 23.2 Å². The van der Waals surface area contributed by atoms with Crippen molar-refractivity contribution in [2.75, 3.05) is 17.3 Å².